The van der Waals surface area contributed by atoms with Gasteiger partial charge in [0.25, 0.3) is 0 Å². The van der Waals surface area contributed by atoms with E-state index in [1.54, 1.807) is 0 Å². The number of aliphatic hydroxyl groups excluding tert-OH is 4. The van der Waals surface area contributed by atoms with Crippen LogP contribution in [0, 0.1) is 6.92 Å². The number of furan rings is 1. The number of aryl methyl sites for hydroxylation is 1. The lowest BCUT2D eigenvalue weighted by Gasteiger charge is -2.19. The van der Waals surface area contributed by atoms with Gasteiger partial charge in [-0.25, -0.2) is 4.79 Å². The summed E-state index contributed by atoms with van der Waals surface area (Å²) in [7, 11) is 0. The van der Waals surface area contributed by atoms with Gasteiger partial charge in [0.15, 0.2) is 0 Å². The molecule has 0 radical (unpaired) electrons. The highest BCUT2D eigenvalue weighted by Gasteiger charge is 2.29. The number of carboxylic acids is 1. The number of aromatic carboxylic acids is 1. The minimum absolute atomic E-state index is 0.0808. The monoisotopic (exact) mass is 246 g/mol. The van der Waals surface area contributed by atoms with Crippen LogP contribution >= 0.6 is 0 Å². The van der Waals surface area contributed by atoms with Gasteiger partial charge in [0.1, 0.15) is 35.4 Å². The van der Waals surface area contributed by atoms with Crippen LogP contribution in [0.5, 0.6) is 0 Å². The van der Waals surface area contributed by atoms with Crippen LogP contribution in [0.4, 0.5) is 0 Å². The lowest BCUT2D eigenvalue weighted by molar-refractivity contribution is -0.0837. The highest BCUT2D eigenvalue weighted by atomic mass is 16.4. The van der Waals surface area contributed by atoms with E-state index in [1.165, 1.54) is 6.92 Å². The summed E-state index contributed by atoms with van der Waals surface area (Å²) >= 11 is 0. The van der Waals surface area contributed by atoms with Gasteiger partial charge in [-0.1, -0.05) is 0 Å². The third-order valence-electron chi connectivity index (χ3n) is 2.36. The van der Waals surface area contributed by atoms with Crippen LogP contribution in [-0.2, 0) is 0 Å². The van der Waals surface area contributed by atoms with Crippen molar-refractivity contribution >= 4 is 5.97 Å². The van der Waals surface area contributed by atoms with Crippen molar-refractivity contribution in [3.63, 3.8) is 0 Å². The second-order valence-corrected chi connectivity index (χ2v) is 3.61. The number of rotatable bonds is 5. The molecule has 0 fully saturated rings. The van der Waals surface area contributed by atoms with E-state index in [0.29, 0.717) is 0 Å². The molecule has 1 aromatic rings. The summed E-state index contributed by atoms with van der Waals surface area (Å²) in [5, 5.41) is 45.5. The Morgan fingerprint density at radius 2 is 2.00 bits per heavy atom. The molecule has 0 aromatic carbocycles. The third-order valence-corrected chi connectivity index (χ3v) is 2.36. The predicted molar refractivity (Wildman–Crippen MR) is 54.5 cm³/mol. The lowest BCUT2D eigenvalue weighted by atomic mass is 10.1. The first-order valence-corrected chi connectivity index (χ1v) is 4.87. The normalized spacial score (nSPS) is 16.5. The minimum atomic E-state index is -1.66. The second kappa shape index (κ2) is 5.28. The van der Waals surface area contributed by atoms with Crippen LogP contribution in [0.15, 0.2) is 10.5 Å². The Kier molecular flexibility index (Phi) is 4.24. The van der Waals surface area contributed by atoms with Gasteiger partial charge in [0.05, 0.1) is 6.61 Å². The summed E-state index contributed by atoms with van der Waals surface area (Å²) in [4.78, 5) is 10.7. The van der Waals surface area contributed by atoms with E-state index in [0.717, 1.165) is 6.07 Å². The Balaban J connectivity index is 2.93. The van der Waals surface area contributed by atoms with Crippen molar-refractivity contribution in [3.8, 4) is 0 Å². The Labute approximate surface area is 96.5 Å². The van der Waals surface area contributed by atoms with Crippen LogP contribution in [0.1, 0.15) is 28.0 Å². The molecule has 3 atom stereocenters. The summed E-state index contributed by atoms with van der Waals surface area (Å²) in [6.07, 6.45) is -4.81. The first-order valence-electron chi connectivity index (χ1n) is 4.87. The average Bonchev–Trinajstić information content (AvgIpc) is 2.68. The van der Waals surface area contributed by atoms with Crippen molar-refractivity contribution in [1.82, 2.24) is 0 Å². The summed E-state index contributed by atoms with van der Waals surface area (Å²) < 4.78 is 4.97. The maximum atomic E-state index is 10.7. The quantitative estimate of drug-likeness (QED) is 0.451. The van der Waals surface area contributed by atoms with E-state index in [1.807, 2.05) is 0 Å². The molecule has 0 bridgehead atoms. The maximum absolute atomic E-state index is 10.7. The Morgan fingerprint density at radius 3 is 2.41 bits per heavy atom. The molecule has 1 heterocycles. The van der Waals surface area contributed by atoms with Crippen molar-refractivity contribution in [2.24, 2.45) is 0 Å². The molecule has 5 N–H and O–H groups in total. The number of carboxylic acid groups (broad SMARTS) is 1. The van der Waals surface area contributed by atoms with Gasteiger partial charge < -0.3 is 29.9 Å². The van der Waals surface area contributed by atoms with E-state index in [4.69, 9.17) is 19.7 Å². The molecule has 1 aromatic heterocycles. The highest BCUT2D eigenvalue weighted by Crippen LogP contribution is 2.24. The molecule has 96 valence electrons. The zero-order valence-electron chi connectivity index (χ0n) is 9.07. The standard InChI is InChI=1S/C10H14O7/c1-4-5(10(15)16)2-7(17-4)9(14)8(13)6(12)3-11/h2,6,8-9,11-14H,3H2,1H3,(H,15,16)/t6-,8-,9+/m1/s1. The Hall–Kier alpha value is -1.41. The second-order valence-electron chi connectivity index (χ2n) is 3.61. The number of hydrogen-bond donors (Lipinski definition) is 5. The van der Waals surface area contributed by atoms with Gasteiger partial charge in [0, 0.05) is 0 Å². The predicted octanol–water partition coefficient (Wildman–Crippen LogP) is -0.966. The van der Waals surface area contributed by atoms with Gasteiger partial charge in [0.2, 0.25) is 0 Å². The molecule has 17 heavy (non-hydrogen) atoms. The van der Waals surface area contributed by atoms with Crippen LogP contribution in [0.3, 0.4) is 0 Å². The largest absolute Gasteiger partial charge is 0.478 e. The van der Waals surface area contributed by atoms with Crippen molar-refractivity contribution < 1.29 is 34.7 Å². The average molecular weight is 246 g/mol. The molecule has 0 saturated heterocycles. The molecule has 0 aliphatic carbocycles. The molecule has 0 unspecified atom stereocenters. The van der Waals surface area contributed by atoms with Gasteiger partial charge in [-0.2, -0.15) is 0 Å². The smallest absolute Gasteiger partial charge is 0.339 e. The number of aliphatic hydroxyl groups is 4. The summed E-state index contributed by atoms with van der Waals surface area (Å²) in [6, 6.07) is 1.07. The topological polar surface area (TPSA) is 131 Å². The van der Waals surface area contributed by atoms with Crippen LogP contribution < -0.4 is 0 Å². The summed E-state index contributed by atoms with van der Waals surface area (Å²) in [5.41, 5.74) is -0.135. The molecule has 0 saturated carbocycles. The van der Waals surface area contributed by atoms with E-state index in [-0.39, 0.29) is 17.1 Å². The van der Waals surface area contributed by atoms with E-state index >= 15 is 0 Å². The highest BCUT2D eigenvalue weighted by molar-refractivity contribution is 5.88. The van der Waals surface area contributed by atoms with Gasteiger partial charge in [-0.15, -0.1) is 0 Å². The fourth-order valence-corrected chi connectivity index (χ4v) is 1.35. The van der Waals surface area contributed by atoms with Gasteiger partial charge in [-0.3, -0.25) is 0 Å². The van der Waals surface area contributed by atoms with E-state index in [2.05, 4.69) is 0 Å². The molecule has 0 aliphatic heterocycles. The molecule has 0 aliphatic rings. The minimum Gasteiger partial charge on any atom is -0.478 e. The third kappa shape index (κ3) is 2.83. The zero-order chi connectivity index (χ0) is 13.2. The van der Waals surface area contributed by atoms with Crippen LogP contribution in [0.25, 0.3) is 0 Å². The molecule has 0 spiro atoms. The first-order chi connectivity index (χ1) is 7.88. The van der Waals surface area contributed by atoms with Crippen LogP contribution in [0.2, 0.25) is 0 Å². The van der Waals surface area contributed by atoms with Crippen LogP contribution in [-0.4, -0.2) is 50.3 Å². The number of hydrogen-bond acceptors (Lipinski definition) is 6. The SMILES string of the molecule is Cc1oc([C@H](O)[C@H](O)[C@H](O)CO)cc1C(=O)O. The fraction of sp³-hybridized carbons (Fsp3) is 0.500. The van der Waals surface area contributed by atoms with E-state index < -0.39 is 30.9 Å². The molecular formula is C10H14O7. The summed E-state index contributed by atoms with van der Waals surface area (Å²) in [6.45, 7) is 0.665. The van der Waals surface area contributed by atoms with Crippen molar-refractivity contribution in [1.29, 1.82) is 0 Å². The van der Waals surface area contributed by atoms with Crippen molar-refractivity contribution in [2.75, 3.05) is 6.61 Å². The van der Waals surface area contributed by atoms with Gasteiger partial charge in [-0.05, 0) is 13.0 Å². The Bertz CT molecular complexity index is 397. The van der Waals surface area contributed by atoms with Crippen molar-refractivity contribution in [2.45, 2.75) is 25.2 Å². The molecular weight excluding hydrogens is 232 g/mol. The van der Waals surface area contributed by atoms with E-state index in [9.17, 15) is 15.0 Å². The Morgan fingerprint density at radius 1 is 1.41 bits per heavy atom. The van der Waals surface area contributed by atoms with Gasteiger partial charge >= 0.3 is 5.97 Å². The zero-order valence-corrected chi connectivity index (χ0v) is 9.07. The fourth-order valence-electron chi connectivity index (χ4n) is 1.35. The molecule has 7 heteroatoms. The lowest BCUT2D eigenvalue weighted by Crippen LogP contribution is -2.34. The number of carbonyl (C=O) groups is 1. The first kappa shape index (κ1) is 13.7. The molecule has 7 nitrogen and oxygen atoms in total. The molecule has 1 rings (SSSR count). The van der Waals surface area contributed by atoms with Crippen molar-refractivity contribution in [3.05, 3.63) is 23.2 Å². The molecule has 0 amide bonds. The summed E-state index contributed by atoms with van der Waals surface area (Å²) in [5.74, 6) is -1.32. The maximum Gasteiger partial charge on any atom is 0.339 e.